The predicted molar refractivity (Wildman–Crippen MR) is 60.5 cm³/mol. The molecule has 0 spiro atoms. The molecular weight excluding hydrogens is 296 g/mol. The van der Waals surface area contributed by atoms with Gasteiger partial charge in [-0.3, -0.25) is 0 Å². The molecule has 16 heavy (non-hydrogen) atoms. The molecule has 7 heteroatoms. The lowest BCUT2D eigenvalue weighted by atomic mass is 10.2. The number of hydrogen-bond donors (Lipinski definition) is 0. The Morgan fingerprint density at radius 3 is 2.69 bits per heavy atom. The van der Waals surface area contributed by atoms with Crippen LogP contribution in [0.5, 0.6) is 0 Å². The Labute approximate surface area is 101 Å². The first-order chi connectivity index (χ1) is 7.47. The van der Waals surface area contributed by atoms with E-state index in [1.165, 1.54) is 12.1 Å². The van der Waals surface area contributed by atoms with Crippen LogP contribution in [0.15, 0.2) is 38.4 Å². The van der Waals surface area contributed by atoms with E-state index in [1.807, 2.05) is 0 Å². The zero-order chi connectivity index (χ0) is 11.8. The number of rotatable bonds is 2. The Morgan fingerprint density at radius 2 is 2.12 bits per heavy atom. The molecule has 0 radical (unpaired) electrons. The molecule has 5 nitrogen and oxygen atoms in total. The topological polar surface area (TPSA) is 73.1 Å². The minimum atomic E-state index is -3.23. The number of benzene rings is 1. The maximum Gasteiger partial charge on any atom is 0.258 e. The summed E-state index contributed by atoms with van der Waals surface area (Å²) in [7, 11) is -3.23. The molecule has 0 aliphatic rings. The van der Waals surface area contributed by atoms with Crippen molar-refractivity contribution < 1.29 is 12.9 Å². The first kappa shape index (κ1) is 11.3. The first-order valence-electron chi connectivity index (χ1n) is 4.26. The fourth-order valence-corrected chi connectivity index (χ4v) is 2.08. The van der Waals surface area contributed by atoms with Crippen LogP contribution < -0.4 is 0 Å². The summed E-state index contributed by atoms with van der Waals surface area (Å²) in [6.45, 7) is 0. The number of sulfone groups is 1. The average molecular weight is 303 g/mol. The van der Waals surface area contributed by atoms with Gasteiger partial charge in [-0.1, -0.05) is 6.07 Å². The van der Waals surface area contributed by atoms with Gasteiger partial charge in [0, 0.05) is 11.8 Å². The molecule has 0 saturated heterocycles. The Morgan fingerprint density at radius 1 is 1.38 bits per heavy atom. The fraction of sp³-hybridized carbons (Fsp3) is 0.111. The van der Waals surface area contributed by atoms with Crippen LogP contribution in [0.1, 0.15) is 0 Å². The fourth-order valence-electron chi connectivity index (χ4n) is 1.18. The van der Waals surface area contributed by atoms with Gasteiger partial charge in [0.2, 0.25) is 4.73 Å². The molecule has 0 unspecified atom stereocenters. The molecule has 2 aromatic rings. The summed E-state index contributed by atoms with van der Waals surface area (Å²) in [5.74, 6) is 0.275. The summed E-state index contributed by atoms with van der Waals surface area (Å²) in [6.07, 6.45) is 1.15. The second-order valence-corrected chi connectivity index (χ2v) is 5.89. The van der Waals surface area contributed by atoms with Gasteiger partial charge in [-0.15, -0.1) is 0 Å². The lowest BCUT2D eigenvalue weighted by Gasteiger charge is -1.99. The van der Waals surface area contributed by atoms with Gasteiger partial charge in [0.05, 0.1) is 4.90 Å². The molecule has 0 aliphatic heterocycles. The summed E-state index contributed by atoms with van der Waals surface area (Å²) in [4.78, 5) is 4.17. The second kappa shape index (κ2) is 3.99. The molecule has 0 fully saturated rings. The van der Waals surface area contributed by atoms with Crippen LogP contribution in [-0.2, 0) is 9.84 Å². The predicted octanol–water partition coefficient (Wildman–Crippen LogP) is 1.90. The largest absolute Gasteiger partial charge is 0.333 e. The Hall–Kier alpha value is -1.21. The van der Waals surface area contributed by atoms with E-state index in [4.69, 9.17) is 4.52 Å². The quantitative estimate of drug-likeness (QED) is 0.847. The van der Waals surface area contributed by atoms with E-state index in [0.29, 0.717) is 10.3 Å². The molecule has 2 rings (SSSR count). The molecule has 0 atom stereocenters. The number of hydrogen-bond acceptors (Lipinski definition) is 5. The highest BCUT2D eigenvalue weighted by Crippen LogP contribution is 2.21. The lowest BCUT2D eigenvalue weighted by Crippen LogP contribution is -1.96. The maximum absolute atomic E-state index is 11.3. The van der Waals surface area contributed by atoms with Gasteiger partial charge in [-0.25, -0.2) is 8.42 Å². The molecule has 0 amide bonds. The normalized spacial score (nSPS) is 11.6. The molecular formula is C9H7BrN2O3S. The minimum Gasteiger partial charge on any atom is -0.333 e. The third-order valence-electron chi connectivity index (χ3n) is 1.91. The van der Waals surface area contributed by atoms with Crippen molar-refractivity contribution in [3.8, 4) is 11.5 Å². The summed E-state index contributed by atoms with van der Waals surface area (Å²) in [5.41, 5.74) is 0.570. The van der Waals surface area contributed by atoms with Crippen molar-refractivity contribution in [3.63, 3.8) is 0 Å². The van der Waals surface area contributed by atoms with Crippen LogP contribution in [0.3, 0.4) is 0 Å². The molecule has 1 heterocycles. The van der Waals surface area contributed by atoms with Gasteiger partial charge < -0.3 is 4.52 Å². The van der Waals surface area contributed by atoms with Gasteiger partial charge in [0.25, 0.3) is 5.89 Å². The van der Waals surface area contributed by atoms with Crippen molar-refractivity contribution in [2.24, 2.45) is 0 Å². The van der Waals surface area contributed by atoms with E-state index in [-0.39, 0.29) is 10.8 Å². The maximum atomic E-state index is 11.3. The molecule has 1 aromatic heterocycles. The standard InChI is InChI=1S/C9H7BrN2O3S/c1-16(13,14)7-4-2-3-6(5-7)8-11-9(10)12-15-8/h2-5H,1H3. The molecule has 0 bridgehead atoms. The molecule has 84 valence electrons. The third kappa shape index (κ3) is 2.30. The van der Waals surface area contributed by atoms with Crippen LogP contribution in [0, 0.1) is 0 Å². The van der Waals surface area contributed by atoms with Crippen LogP contribution in [-0.4, -0.2) is 24.8 Å². The zero-order valence-corrected chi connectivity index (χ0v) is 10.6. The van der Waals surface area contributed by atoms with E-state index < -0.39 is 9.84 Å². The van der Waals surface area contributed by atoms with Crippen molar-refractivity contribution in [1.82, 2.24) is 10.1 Å². The highest BCUT2D eigenvalue weighted by Gasteiger charge is 2.11. The van der Waals surface area contributed by atoms with Crippen molar-refractivity contribution in [2.45, 2.75) is 4.90 Å². The van der Waals surface area contributed by atoms with E-state index in [9.17, 15) is 8.42 Å². The first-order valence-corrected chi connectivity index (χ1v) is 6.95. The highest BCUT2D eigenvalue weighted by atomic mass is 79.9. The Kier molecular flexibility index (Phi) is 2.81. The van der Waals surface area contributed by atoms with Crippen molar-refractivity contribution in [2.75, 3.05) is 6.26 Å². The monoisotopic (exact) mass is 302 g/mol. The van der Waals surface area contributed by atoms with E-state index >= 15 is 0 Å². The summed E-state index contributed by atoms with van der Waals surface area (Å²) in [5, 5.41) is 3.57. The third-order valence-corrected chi connectivity index (χ3v) is 3.34. The van der Waals surface area contributed by atoms with Gasteiger partial charge in [0.15, 0.2) is 9.84 Å². The number of nitrogens with zero attached hydrogens (tertiary/aromatic N) is 2. The van der Waals surface area contributed by atoms with Gasteiger partial charge >= 0.3 is 0 Å². The summed E-state index contributed by atoms with van der Waals surface area (Å²) in [6, 6.07) is 6.35. The Balaban J connectivity index is 2.52. The van der Waals surface area contributed by atoms with Crippen molar-refractivity contribution in [1.29, 1.82) is 0 Å². The molecule has 0 aliphatic carbocycles. The van der Waals surface area contributed by atoms with Crippen LogP contribution in [0.4, 0.5) is 0 Å². The molecule has 1 aromatic carbocycles. The van der Waals surface area contributed by atoms with E-state index in [2.05, 4.69) is 26.1 Å². The minimum absolute atomic E-state index is 0.222. The van der Waals surface area contributed by atoms with E-state index in [1.54, 1.807) is 12.1 Å². The van der Waals surface area contributed by atoms with Gasteiger partial charge in [-0.2, -0.15) is 4.98 Å². The zero-order valence-electron chi connectivity index (χ0n) is 8.21. The number of aromatic nitrogens is 2. The SMILES string of the molecule is CS(=O)(=O)c1cccc(-c2nc(Br)no2)c1. The summed E-state index contributed by atoms with van der Waals surface area (Å²) >= 11 is 3.05. The summed E-state index contributed by atoms with van der Waals surface area (Å²) < 4.78 is 27.9. The van der Waals surface area contributed by atoms with Crippen LogP contribution in [0.2, 0.25) is 0 Å². The van der Waals surface area contributed by atoms with Crippen LogP contribution >= 0.6 is 15.9 Å². The van der Waals surface area contributed by atoms with Gasteiger partial charge in [-0.05, 0) is 39.3 Å². The molecule has 0 N–H and O–H groups in total. The van der Waals surface area contributed by atoms with Gasteiger partial charge in [0.1, 0.15) is 0 Å². The molecule has 0 saturated carbocycles. The van der Waals surface area contributed by atoms with Crippen LogP contribution in [0.25, 0.3) is 11.5 Å². The Bertz CT molecular complexity index is 621. The average Bonchev–Trinajstić information content (AvgIpc) is 2.64. The number of halogens is 1. The van der Waals surface area contributed by atoms with E-state index in [0.717, 1.165) is 6.26 Å². The smallest absolute Gasteiger partial charge is 0.258 e. The lowest BCUT2D eigenvalue weighted by molar-refractivity contribution is 0.426. The highest BCUT2D eigenvalue weighted by molar-refractivity contribution is 9.10. The second-order valence-electron chi connectivity index (χ2n) is 3.17. The van der Waals surface area contributed by atoms with Crippen molar-refractivity contribution >= 4 is 25.8 Å². The van der Waals surface area contributed by atoms with Crippen molar-refractivity contribution in [3.05, 3.63) is 29.0 Å².